The molecule has 2 N–H and O–H groups in total. The first-order chi connectivity index (χ1) is 5.49. The van der Waals surface area contributed by atoms with E-state index < -0.39 is 23.9 Å². The molecule has 4 heteroatoms. The SMILES string of the molecule is COC1C(O)C(O)COC1(C)C. The van der Waals surface area contributed by atoms with E-state index in [1.165, 1.54) is 7.11 Å². The fraction of sp³-hybridized carbons (Fsp3) is 1.00. The number of ether oxygens (including phenoxy) is 2. The molecule has 1 aliphatic rings. The van der Waals surface area contributed by atoms with Crippen LogP contribution in [0.4, 0.5) is 0 Å². The third-order valence-corrected chi connectivity index (χ3v) is 2.27. The molecule has 0 aromatic carbocycles. The third kappa shape index (κ3) is 1.61. The minimum Gasteiger partial charge on any atom is -0.388 e. The number of rotatable bonds is 1. The maximum Gasteiger partial charge on any atom is 0.114 e. The monoisotopic (exact) mass is 176 g/mol. The van der Waals surface area contributed by atoms with E-state index in [1.54, 1.807) is 0 Å². The van der Waals surface area contributed by atoms with E-state index in [0.29, 0.717) is 0 Å². The van der Waals surface area contributed by atoms with Gasteiger partial charge in [-0.1, -0.05) is 0 Å². The maximum absolute atomic E-state index is 9.52. The normalized spacial score (nSPS) is 41.2. The van der Waals surface area contributed by atoms with Gasteiger partial charge in [-0.15, -0.1) is 0 Å². The van der Waals surface area contributed by atoms with Gasteiger partial charge >= 0.3 is 0 Å². The standard InChI is InChI=1S/C8H16O4/c1-8(2)7(11-3)6(10)5(9)4-12-8/h5-7,9-10H,4H2,1-3H3. The predicted molar refractivity (Wildman–Crippen MR) is 42.8 cm³/mol. The molecule has 1 saturated heterocycles. The van der Waals surface area contributed by atoms with Crippen molar-refractivity contribution in [2.24, 2.45) is 0 Å². The summed E-state index contributed by atoms with van der Waals surface area (Å²) >= 11 is 0. The first-order valence-electron chi connectivity index (χ1n) is 4.02. The molecule has 1 aliphatic heterocycles. The molecule has 0 bridgehead atoms. The van der Waals surface area contributed by atoms with Crippen LogP contribution in [-0.2, 0) is 9.47 Å². The highest BCUT2D eigenvalue weighted by molar-refractivity contribution is 4.93. The lowest BCUT2D eigenvalue weighted by atomic mass is 9.90. The molecule has 1 fully saturated rings. The summed E-state index contributed by atoms with van der Waals surface area (Å²) in [5.74, 6) is 0. The third-order valence-electron chi connectivity index (χ3n) is 2.27. The van der Waals surface area contributed by atoms with Crippen LogP contribution >= 0.6 is 0 Å². The van der Waals surface area contributed by atoms with Crippen molar-refractivity contribution in [3.63, 3.8) is 0 Å². The van der Waals surface area contributed by atoms with Gasteiger partial charge in [0.1, 0.15) is 18.3 Å². The van der Waals surface area contributed by atoms with Crippen LogP contribution < -0.4 is 0 Å². The van der Waals surface area contributed by atoms with E-state index in [9.17, 15) is 10.2 Å². The zero-order valence-corrected chi connectivity index (χ0v) is 7.65. The van der Waals surface area contributed by atoms with Crippen LogP contribution in [0.15, 0.2) is 0 Å². The first kappa shape index (κ1) is 9.92. The van der Waals surface area contributed by atoms with Crippen LogP contribution in [0.5, 0.6) is 0 Å². The molecule has 0 saturated carbocycles. The smallest absolute Gasteiger partial charge is 0.114 e. The maximum atomic E-state index is 9.52. The van der Waals surface area contributed by atoms with Crippen molar-refractivity contribution in [1.82, 2.24) is 0 Å². The molecule has 12 heavy (non-hydrogen) atoms. The Bertz CT molecular complexity index is 157. The molecular formula is C8H16O4. The van der Waals surface area contributed by atoms with Gasteiger partial charge in [-0.25, -0.2) is 0 Å². The van der Waals surface area contributed by atoms with E-state index in [-0.39, 0.29) is 6.61 Å². The van der Waals surface area contributed by atoms with Gasteiger partial charge in [0.25, 0.3) is 0 Å². The molecule has 3 atom stereocenters. The van der Waals surface area contributed by atoms with E-state index in [2.05, 4.69) is 0 Å². The van der Waals surface area contributed by atoms with Gasteiger partial charge in [-0.05, 0) is 13.8 Å². The van der Waals surface area contributed by atoms with Crippen molar-refractivity contribution in [3.05, 3.63) is 0 Å². The summed E-state index contributed by atoms with van der Waals surface area (Å²) in [6.45, 7) is 3.82. The summed E-state index contributed by atoms with van der Waals surface area (Å²) in [5, 5.41) is 18.8. The van der Waals surface area contributed by atoms with Gasteiger partial charge in [0.2, 0.25) is 0 Å². The van der Waals surface area contributed by atoms with Gasteiger partial charge in [0.05, 0.1) is 12.2 Å². The molecule has 0 aliphatic carbocycles. The molecule has 1 rings (SSSR count). The highest BCUT2D eigenvalue weighted by Crippen LogP contribution is 2.27. The van der Waals surface area contributed by atoms with Gasteiger partial charge in [0.15, 0.2) is 0 Å². The van der Waals surface area contributed by atoms with E-state index >= 15 is 0 Å². The second-order valence-corrected chi connectivity index (χ2v) is 3.63. The van der Waals surface area contributed by atoms with Crippen LogP contribution in [0.1, 0.15) is 13.8 Å². The zero-order valence-electron chi connectivity index (χ0n) is 7.65. The van der Waals surface area contributed by atoms with Gasteiger partial charge in [-0.3, -0.25) is 0 Å². The summed E-state index contributed by atoms with van der Waals surface area (Å²) in [5.41, 5.74) is -0.534. The largest absolute Gasteiger partial charge is 0.388 e. The second kappa shape index (κ2) is 3.30. The Labute approximate surface area is 72.1 Å². The van der Waals surface area contributed by atoms with Gasteiger partial charge < -0.3 is 19.7 Å². The van der Waals surface area contributed by atoms with Crippen molar-refractivity contribution < 1.29 is 19.7 Å². The number of hydrogen-bond acceptors (Lipinski definition) is 4. The molecule has 0 spiro atoms. The average Bonchev–Trinajstić information content (AvgIpc) is 1.99. The van der Waals surface area contributed by atoms with Crippen LogP contribution in [0, 0.1) is 0 Å². The van der Waals surface area contributed by atoms with E-state index in [4.69, 9.17) is 9.47 Å². The van der Waals surface area contributed by atoms with Gasteiger partial charge in [0, 0.05) is 7.11 Å². The lowest BCUT2D eigenvalue weighted by Gasteiger charge is -2.42. The van der Waals surface area contributed by atoms with Crippen LogP contribution in [0.25, 0.3) is 0 Å². The molecular weight excluding hydrogens is 160 g/mol. The first-order valence-corrected chi connectivity index (χ1v) is 4.02. The highest BCUT2D eigenvalue weighted by Gasteiger charge is 2.44. The van der Waals surface area contributed by atoms with Crippen molar-refractivity contribution in [1.29, 1.82) is 0 Å². The van der Waals surface area contributed by atoms with E-state index in [0.717, 1.165) is 0 Å². The number of aliphatic hydroxyl groups excluding tert-OH is 2. The molecule has 4 nitrogen and oxygen atoms in total. The van der Waals surface area contributed by atoms with Crippen molar-refractivity contribution in [2.75, 3.05) is 13.7 Å². The fourth-order valence-corrected chi connectivity index (χ4v) is 1.52. The summed E-state index contributed by atoms with van der Waals surface area (Å²) in [6, 6.07) is 0. The Morgan fingerprint density at radius 2 is 2.00 bits per heavy atom. The summed E-state index contributed by atoms with van der Waals surface area (Å²) in [4.78, 5) is 0. The van der Waals surface area contributed by atoms with Crippen molar-refractivity contribution in [2.45, 2.75) is 37.8 Å². The summed E-state index contributed by atoms with van der Waals surface area (Å²) in [7, 11) is 1.50. The number of hydrogen-bond donors (Lipinski definition) is 2. The predicted octanol–water partition coefficient (Wildman–Crippen LogP) is -0.468. The lowest BCUT2D eigenvalue weighted by Crippen LogP contribution is -2.58. The molecule has 0 aromatic heterocycles. The Hall–Kier alpha value is -0.160. The van der Waals surface area contributed by atoms with Gasteiger partial charge in [-0.2, -0.15) is 0 Å². The summed E-state index contributed by atoms with van der Waals surface area (Å²) < 4.78 is 10.4. The molecule has 1 heterocycles. The quantitative estimate of drug-likeness (QED) is 0.567. The molecule has 0 amide bonds. The van der Waals surface area contributed by atoms with Crippen LogP contribution in [-0.4, -0.2) is 47.8 Å². The molecule has 72 valence electrons. The summed E-state index contributed by atoms with van der Waals surface area (Å²) in [6.07, 6.45) is -2.18. The highest BCUT2D eigenvalue weighted by atomic mass is 16.6. The molecule has 0 aromatic rings. The van der Waals surface area contributed by atoms with Crippen LogP contribution in [0.2, 0.25) is 0 Å². The van der Waals surface area contributed by atoms with Crippen molar-refractivity contribution in [3.8, 4) is 0 Å². The van der Waals surface area contributed by atoms with E-state index in [1.807, 2.05) is 13.8 Å². The Kier molecular flexibility index (Phi) is 2.73. The lowest BCUT2D eigenvalue weighted by molar-refractivity contribution is -0.230. The molecule has 0 radical (unpaired) electrons. The van der Waals surface area contributed by atoms with Crippen LogP contribution in [0.3, 0.4) is 0 Å². The zero-order chi connectivity index (χ0) is 9.35. The second-order valence-electron chi connectivity index (χ2n) is 3.63. The fourth-order valence-electron chi connectivity index (χ4n) is 1.52. The van der Waals surface area contributed by atoms with Crippen molar-refractivity contribution >= 4 is 0 Å². The minimum atomic E-state index is -0.862. The Morgan fingerprint density at radius 3 is 2.42 bits per heavy atom. The Morgan fingerprint density at radius 1 is 1.42 bits per heavy atom. The average molecular weight is 176 g/mol. The minimum absolute atomic E-state index is 0.161. The molecule has 3 unspecified atom stereocenters. The number of aliphatic hydroxyl groups is 2. The number of methoxy groups -OCH3 is 1. The Balaban J connectivity index is 2.72. The topological polar surface area (TPSA) is 58.9 Å².